The minimum Gasteiger partial charge on any atom is -0.355 e. The van der Waals surface area contributed by atoms with E-state index in [0.29, 0.717) is 0 Å². The van der Waals surface area contributed by atoms with Crippen molar-refractivity contribution >= 4 is 17.6 Å². The van der Waals surface area contributed by atoms with Gasteiger partial charge in [0.15, 0.2) is 0 Å². The van der Waals surface area contributed by atoms with Gasteiger partial charge in [0.1, 0.15) is 0 Å². The van der Waals surface area contributed by atoms with E-state index in [1.807, 2.05) is 24.3 Å². The summed E-state index contributed by atoms with van der Waals surface area (Å²) in [6.45, 7) is 4.63. The van der Waals surface area contributed by atoms with Gasteiger partial charge >= 0.3 is 0 Å². The zero-order chi connectivity index (χ0) is 20.7. The number of nitrogens with one attached hydrogen (secondary N) is 2. The molecule has 0 amide bonds. The van der Waals surface area contributed by atoms with Crippen LogP contribution in [-0.2, 0) is 5.41 Å². The Kier molecular flexibility index (Phi) is 4.29. The molecule has 0 unspecified atom stereocenters. The van der Waals surface area contributed by atoms with Crippen molar-refractivity contribution in [1.29, 1.82) is 5.41 Å². The molecule has 146 valence electrons. The van der Waals surface area contributed by atoms with Gasteiger partial charge < -0.3 is 10.7 Å². The van der Waals surface area contributed by atoms with Crippen LogP contribution in [0, 0.1) is 5.41 Å². The Morgan fingerprint density at radius 1 is 0.733 bits per heavy atom. The van der Waals surface area contributed by atoms with Crippen molar-refractivity contribution in [3.63, 3.8) is 0 Å². The Hall–Kier alpha value is -3.65. The van der Waals surface area contributed by atoms with Crippen LogP contribution in [0.25, 0.3) is 22.3 Å². The normalized spacial score (nSPS) is 13.4. The maximum atomic E-state index is 7.57. The quantitative estimate of drug-likeness (QED) is 0.351. The summed E-state index contributed by atoms with van der Waals surface area (Å²) in [5.41, 5.74) is 10.7. The molecular weight excluding hydrogens is 364 g/mol. The molecule has 30 heavy (non-hydrogen) atoms. The van der Waals surface area contributed by atoms with Crippen LogP contribution in [0.5, 0.6) is 0 Å². The van der Waals surface area contributed by atoms with Crippen molar-refractivity contribution in [2.24, 2.45) is 0 Å². The van der Waals surface area contributed by atoms with Crippen LogP contribution in [0.15, 0.2) is 91.0 Å². The highest BCUT2D eigenvalue weighted by Gasteiger charge is 2.37. The van der Waals surface area contributed by atoms with E-state index in [9.17, 15) is 0 Å². The second-order valence-electron chi connectivity index (χ2n) is 8.34. The third-order valence-electron chi connectivity index (χ3n) is 6.14. The van der Waals surface area contributed by atoms with Gasteiger partial charge in [-0.2, -0.15) is 0 Å². The molecule has 0 heterocycles. The SMILES string of the molecule is CC1(C)c2ccccc2-c2c1ccc(Nc1cccc(C=N)c1)c2-c1ccccc1. The highest BCUT2D eigenvalue weighted by atomic mass is 14.9. The van der Waals surface area contributed by atoms with E-state index < -0.39 is 0 Å². The molecule has 0 saturated carbocycles. The zero-order valence-corrected chi connectivity index (χ0v) is 17.2. The smallest absolute Gasteiger partial charge is 0.0470 e. The molecule has 0 spiro atoms. The summed E-state index contributed by atoms with van der Waals surface area (Å²) in [6.07, 6.45) is 1.38. The average Bonchev–Trinajstić information content (AvgIpc) is 3.02. The molecule has 4 aromatic rings. The fourth-order valence-corrected chi connectivity index (χ4v) is 4.67. The first-order chi connectivity index (χ1) is 14.6. The van der Waals surface area contributed by atoms with Gasteiger partial charge in [0.05, 0.1) is 0 Å². The first-order valence-electron chi connectivity index (χ1n) is 10.3. The monoisotopic (exact) mass is 388 g/mol. The van der Waals surface area contributed by atoms with Crippen LogP contribution in [-0.4, -0.2) is 6.21 Å². The minimum absolute atomic E-state index is 0.0336. The van der Waals surface area contributed by atoms with Crippen molar-refractivity contribution in [1.82, 2.24) is 0 Å². The van der Waals surface area contributed by atoms with Crippen molar-refractivity contribution in [2.75, 3.05) is 5.32 Å². The molecule has 4 aromatic carbocycles. The molecule has 2 nitrogen and oxygen atoms in total. The lowest BCUT2D eigenvalue weighted by Crippen LogP contribution is -2.15. The van der Waals surface area contributed by atoms with Gasteiger partial charge in [-0.25, -0.2) is 0 Å². The highest BCUT2D eigenvalue weighted by Crippen LogP contribution is 2.54. The van der Waals surface area contributed by atoms with Gasteiger partial charge in [-0.15, -0.1) is 0 Å². The van der Waals surface area contributed by atoms with Crippen molar-refractivity contribution in [3.8, 4) is 22.3 Å². The topological polar surface area (TPSA) is 35.9 Å². The highest BCUT2D eigenvalue weighted by molar-refractivity contribution is 5.99. The molecule has 1 aliphatic carbocycles. The summed E-state index contributed by atoms with van der Waals surface area (Å²) in [5, 5.41) is 11.2. The van der Waals surface area contributed by atoms with Gasteiger partial charge in [0, 0.05) is 28.6 Å². The predicted octanol–water partition coefficient (Wildman–Crippen LogP) is 7.40. The lowest BCUT2D eigenvalue weighted by Gasteiger charge is -2.23. The Morgan fingerprint density at radius 2 is 1.50 bits per heavy atom. The third kappa shape index (κ3) is 2.84. The lowest BCUT2D eigenvalue weighted by atomic mass is 9.81. The van der Waals surface area contributed by atoms with Crippen molar-refractivity contribution in [3.05, 3.63) is 108 Å². The minimum atomic E-state index is -0.0336. The fraction of sp³-hybridized carbons (Fsp3) is 0.107. The van der Waals surface area contributed by atoms with Gasteiger partial charge in [0.25, 0.3) is 0 Å². The average molecular weight is 389 g/mol. The summed E-state index contributed by atoms with van der Waals surface area (Å²) < 4.78 is 0. The zero-order valence-electron chi connectivity index (χ0n) is 17.2. The summed E-state index contributed by atoms with van der Waals surface area (Å²) in [7, 11) is 0. The maximum Gasteiger partial charge on any atom is 0.0470 e. The number of hydrogen-bond acceptors (Lipinski definition) is 2. The van der Waals surface area contributed by atoms with Crippen LogP contribution in [0.3, 0.4) is 0 Å². The largest absolute Gasteiger partial charge is 0.355 e. The Labute approximate surface area is 177 Å². The molecule has 0 saturated heterocycles. The van der Waals surface area contributed by atoms with Crippen molar-refractivity contribution in [2.45, 2.75) is 19.3 Å². The molecule has 0 aromatic heterocycles. The van der Waals surface area contributed by atoms with E-state index in [4.69, 9.17) is 5.41 Å². The number of hydrogen-bond donors (Lipinski definition) is 2. The van der Waals surface area contributed by atoms with Gasteiger partial charge in [-0.1, -0.05) is 86.6 Å². The summed E-state index contributed by atoms with van der Waals surface area (Å²) >= 11 is 0. The van der Waals surface area contributed by atoms with Crippen LogP contribution in [0.4, 0.5) is 11.4 Å². The number of rotatable bonds is 4. The molecule has 0 fully saturated rings. The third-order valence-corrected chi connectivity index (χ3v) is 6.14. The maximum absolute atomic E-state index is 7.57. The van der Waals surface area contributed by atoms with Crippen molar-refractivity contribution < 1.29 is 0 Å². The molecule has 2 heteroatoms. The van der Waals surface area contributed by atoms with Gasteiger partial charge in [-0.3, -0.25) is 0 Å². The van der Waals surface area contributed by atoms with E-state index in [1.165, 1.54) is 39.6 Å². The van der Waals surface area contributed by atoms with Crippen LogP contribution in [0.1, 0.15) is 30.5 Å². The Balaban J connectivity index is 1.77. The van der Waals surface area contributed by atoms with E-state index >= 15 is 0 Å². The molecular formula is C28H24N2. The molecule has 1 aliphatic rings. The Bertz CT molecular complexity index is 1250. The second kappa shape index (κ2) is 7.00. The molecule has 0 atom stereocenters. The first kappa shape index (κ1) is 18.4. The standard InChI is InChI=1S/C28H24N2/c1-28(2)23-14-7-6-13-22(23)27-24(28)15-16-25(26(27)20-10-4-3-5-11-20)30-21-12-8-9-19(17-21)18-29/h3-18,29-30H,1-2H3. The Morgan fingerprint density at radius 3 is 2.30 bits per heavy atom. The lowest BCUT2D eigenvalue weighted by molar-refractivity contribution is 0.660. The number of anilines is 2. The predicted molar refractivity (Wildman–Crippen MR) is 127 cm³/mol. The van der Waals surface area contributed by atoms with E-state index in [2.05, 4.69) is 85.9 Å². The second-order valence-corrected chi connectivity index (χ2v) is 8.34. The van der Waals surface area contributed by atoms with Gasteiger partial charge in [-0.05, 0) is 51.6 Å². The van der Waals surface area contributed by atoms with E-state index in [1.54, 1.807) is 0 Å². The van der Waals surface area contributed by atoms with Crippen LogP contribution >= 0.6 is 0 Å². The molecule has 5 rings (SSSR count). The van der Waals surface area contributed by atoms with Gasteiger partial charge in [0.2, 0.25) is 0 Å². The van der Waals surface area contributed by atoms with Crippen LogP contribution in [0.2, 0.25) is 0 Å². The first-order valence-corrected chi connectivity index (χ1v) is 10.3. The van der Waals surface area contributed by atoms with E-state index in [0.717, 1.165) is 16.9 Å². The molecule has 0 radical (unpaired) electrons. The molecule has 0 bridgehead atoms. The molecule has 0 aliphatic heterocycles. The van der Waals surface area contributed by atoms with E-state index in [-0.39, 0.29) is 5.41 Å². The fourth-order valence-electron chi connectivity index (χ4n) is 4.67. The summed E-state index contributed by atoms with van der Waals surface area (Å²) in [5.74, 6) is 0. The molecule has 2 N–H and O–H groups in total. The summed E-state index contributed by atoms with van der Waals surface area (Å²) in [6, 6.07) is 31.8. The number of benzene rings is 4. The summed E-state index contributed by atoms with van der Waals surface area (Å²) in [4.78, 5) is 0. The number of fused-ring (bicyclic) bond motifs is 3. The van der Waals surface area contributed by atoms with Crippen LogP contribution < -0.4 is 5.32 Å².